The molecule has 2 N–H and O–H groups in total. The minimum Gasteiger partial charge on any atom is -0.285 e. The molecule has 1 heterocycles. The van der Waals surface area contributed by atoms with E-state index < -0.39 is 20.9 Å². The van der Waals surface area contributed by atoms with E-state index in [0.717, 1.165) is 11.8 Å². The van der Waals surface area contributed by atoms with Crippen LogP contribution in [0.15, 0.2) is 30.3 Å². The van der Waals surface area contributed by atoms with Crippen LogP contribution in [-0.4, -0.2) is 46.5 Å². The van der Waals surface area contributed by atoms with Crippen molar-refractivity contribution < 1.29 is 21.7 Å². The molecule has 1 aliphatic rings. The number of benzene rings is 1. The van der Waals surface area contributed by atoms with E-state index in [9.17, 15) is 17.5 Å². The molecule has 1 unspecified atom stereocenters. The Balaban J connectivity index is 2.08. The number of hydrogen-bond acceptors (Lipinski definition) is 6. The molecule has 0 radical (unpaired) electrons. The van der Waals surface area contributed by atoms with Crippen LogP contribution in [0.2, 0.25) is 0 Å². The van der Waals surface area contributed by atoms with Crippen LogP contribution in [0.4, 0.5) is 0 Å². The van der Waals surface area contributed by atoms with Gasteiger partial charge in [-0.1, -0.05) is 30.3 Å². The molecule has 6 nitrogen and oxygen atoms in total. The fourth-order valence-corrected chi connectivity index (χ4v) is 4.39. The monoisotopic (exact) mass is 321 g/mol. The summed E-state index contributed by atoms with van der Waals surface area (Å²) in [4.78, 5) is 0. The largest absolute Gasteiger partial charge is 0.285 e. The van der Waals surface area contributed by atoms with Crippen molar-refractivity contribution in [3.05, 3.63) is 35.9 Å². The third-order valence-corrected chi connectivity index (χ3v) is 5.69. The molecule has 20 heavy (non-hydrogen) atoms. The molecule has 0 aromatic heterocycles. The summed E-state index contributed by atoms with van der Waals surface area (Å²) < 4.78 is 48.6. The highest BCUT2D eigenvalue weighted by atomic mass is 32.3. The van der Waals surface area contributed by atoms with Gasteiger partial charge in [0.1, 0.15) is 0 Å². The van der Waals surface area contributed by atoms with Crippen molar-refractivity contribution >= 4 is 20.9 Å². The molecule has 2 rings (SSSR count). The number of nitrogens with zero attached hydrogens (tertiary/aromatic N) is 1. The standard InChI is InChI=1S/C12H19NO5S2/c1-19(14,15)18-10-12-7-8-20(16,17)13(12)9-11-5-3-2-4-6-11/h2-6,12,16-17H,7-10H2,1H3. The molecular formula is C12H19NO5S2. The maximum Gasteiger partial charge on any atom is 0.264 e. The highest BCUT2D eigenvalue weighted by Crippen LogP contribution is 2.52. The zero-order valence-corrected chi connectivity index (χ0v) is 12.8. The lowest BCUT2D eigenvalue weighted by molar-refractivity contribution is 0.207. The van der Waals surface area contributed by atoms with Gasteiger partial charge in [0, 0.05) is 6.54 Å². The van der Waals surface area contributed by atoms with Crippen molar-refractivity contribution in [2.75, 3.05) is 18.6 Å². The highest BCUT2D eigenvalue weighted by Gasteiger charge is 2.38. The van der Waals surface area contributed by atoms with E-state index in [-0.39, 0.29) is 18.4 Å². The smallest absolute Gasteiger partial charge is 0.264 e. The number of rotatable bonds is 5. The first kappa shape index (κ1) is 15.7. The van der Waals surface area contributed by atoms with Crippen LogP contribution in [0.5, 0.6) is 0 Å². The Morgan fingerprint density at radius 3 is 2.60 bits per heavy atom. The van der Waals surface area contributed by atoms with E-state index in [4.69, 9.17) is 4.18 Å². The van der Waals surface area contributed by atoms with Crippen LogP contribution >= 0.6 is 10.8 Å². The molecule has 114 valence electrons. The molecule has 0 amide bonds. The first-order chi connectivity index (χ1) is 9.28. The second kappa shape index (κ2) is 6.00. The predicted molar refractivity (Wildman–Crippen MR) is 78.9 cm³/mol. The molecule has 0 aliphatic carbocycles. The summed E-state index contributed by atoms with van der Waals surface area (Å²) in [5.74, 6) is 0.248. The number of hydrogen-bond donors (Lipinski definition) is 2. The zero-order valence-electron chi connectivity index (χ0n) is 11.2. The first-order valence-corrected chi connectivity index (χ1v) is 9.68. The van der Waals surface area contributed by atoms with Gasteiger partial charge >= 0.3 is 0 Å². The minimum atomic E-state index is -3.53. The van der Waals surface area contributed by atoms with Crippen molar-refractivity contribution in [2.24, 2.45) is 0 Å². The molecule has 0 saturated carbocycles. The lowest BCUT2D eigenvalue weighted by Crippen LogP contribution is -2.34. The van der Waals surface area contributed by atoms with E-state index in [1.807, 2.05) is 30.3 Å². The van der Waals surface area contributed by atoms with E-state index in [1.165, 1.54) is 0 Å². The van der Waals surface area contributed by atoms with Crippen LogP contribution in [-0.2, 0) is 20.8 Å². The minimum absolute atomic E-state index is 0.0540. The summed E-state index contributed by atoms with van der Waals surface area (Å²) in [6.45, 7) is 0.308. The van der Waals surface area contributed by atoms with Gasteiger partial charge in [0.15, 0.2) is 0 Å². The van der Waals surface area contributed by atoms with E-state index in [2.05, 4.69) is 0 Å². The van der Waals surface area contributed by atoms with Gasteiger partial charge in [0.2, 0.25) is 0 Å². The van der Waals surface area contributed by atoms with Crippen molar-refractivity contribution in [3.63, 3.8) is 0 Å². The molecule has 0 bridgehead atoms. The van der Waals surface area contributed by atoms with Gasteiger partial charge < -0.3 is 0 Å². The van der Waals surface area contributed by atoms with Gasteiger partial charge in [0.05, 0.1) is 24.7 Å². The SMILES string of the molecule is CS(=O)(=O)OCC1CCS(O)(O)N1Cc1ccccc1. The van der Waals surface area contributed by atoms with Crippen molar-refractivity contribution in [1.29, 1.82) is 0 Å². The van der Waals surface area contributed by atoms with E-state index in [1.54, 1.807) is 4.31 Å². The molecule has 1 saturated heterocycles. The van der Waals surface area contributed by atoms with Gasteiger partial charge in [-0.2, -0.15) is 12.7 Å². The van der Waals surface area contributed by atoms with Crippen LogP contribution in [0, 0.1) is 0 Å². The Hall–Kier alpha value is -0.640. The molecule has 1 aromatic carbocycles. The summed E-state index contributed by atoms with van der Waals surface area (Å²) >= 11 is 0. The zero-order chi connectivity index (χ0) is 14.8. The Labute approximate surface area is 121 Å². The topological polar surface area (TPSA) is 87.1 Å². The second-order valence-electron chi connectivity index (χ2n) is 4.83. The van der Waals surface area contributed by atoms with Crippen molar-refractivity contribution in [2.45, 2.75) is 19.0 Å². The Morgan fingerprint density at radius 1 is 1.35 bits per heavy atom. The maximum absolute atomic E-state index is 11.1. The molecule has 0 spiro atoms. The Bertz CT molecular complexity index is 546. The summed E-state index contributed by atoms with van der Waals surface area (Å²) in [5.41, 5.74) is 0.943. The van der Waals surface area contributed by atoms with Crippen LogP contribution in [0.25, 0.3) is 0 Å². The van der Waals surface area contributed by atoms with Gasteiger partial charge in [-0.15, -0.1) is 10.8 Å². The lowest BCUT2D eigenvalue weighted by atomic mass is 10.2. The highest BCUT2D eigenvalue weighted by molar-refractivity contribution is 8.22. The Kier molecular flexibility index (Phi) is 4.73. The van der Waals surface area contributed by atoms with Crippen molar-refractivity contribution in [1.82, 2.24) is 4.31 Å². The first-order valence-electron chi connectivity index (χ1n) is 6.19. The average Bonchev–Trinajstić information content (AvgIpc) is 2.63. The van der Waals surface area contributed by atoms with Gasteiger partial charge in [-0.25, -0.2) is 0 Å². The summed E-state index contributed by atoms with van der Waals surface area (Å²) in [6.07, 6.45) is 1.49. The Morgan fingerprint density at radius 2 is 2.00 bits per heavy atom. The summed E-state index contributed by atoms with van der Waals surface area (Å²) in [5, 5.41) is 0. The van der Waals surface area contributed by atoms with Gasteiger partial charge in [-0.05, 0) is 12.0 Å². The normalized spacial score (nSPS) is 24.6. The molecule has 1 fully saturated rings. The fraction of sp³-hybridized carbons (Fsp3) is 0.500. The predicted octanol–water partition coefficient (Wildman–Crippen LogP) is 1.90. The summed E-state index contributed by atoms with van der Waals surface area (Å²) in [7, 11) is -6.37. The molecule has 1 atom stereocenters. The van der Waals surface area contributed by atoms with Gasteiger partial charge in [-0.3, -0.25) is 13.3 Å². The molecule has 1 aliphatic heterocycles. The van der Waals surface area contributed by atoms with Crippen LogP contribution in [0.3, 0.4) is 0 Å². The maximum atomic E-state index is 11.1. The van der Waals surface area contributed by atoms with E-state index >= 15 is 0 Å². The molecular weight excluding hydrogens is 302 g/mol. The van der Waals surface area contributed by atoms with Crippen molar-refractivity contribution in [3.8, 4) is 0 Å². The second-order valence-corrected chi connectivity index (χ2v) is 8.61. The molecule has 8 heteroatoms. The fourth-order valence-electron chi connectivity index (χ4n) is 2.16. The lowest BCUT2D eigenvalue weighted by Gasteiger charge is -2.39. The average molecular weight is 321 g/mol. The third-order valence-electron chi connectivity index (χ3n) is 3.16. The third kappa shape index (κ3) is 4.18. The molecule has 1 aromatic rings. The van der Waals surface area contributed by atoms with E-state index in [0.29, 0.717) is 13.0 Å². The van der Waals surface area contributed by atoms with Crippen LogP contribution < -0.4 is 0 Å². The quantitative estimate of drug-likeness (QED) is 0.806. The summed E-state index contributed by atoms with van der Waals surface area (Å²) in [6, 6.07) is 9.11. The van der Waals surface area contributed by atoms with Gasteiger partial charge in [0.25, 0.3) is 10.1 Å². The van der Waals surface area contributed by atoms with Crippen LogP contribution in [0.1, 0.15) is 12.0 Å².